The minimum atomic E-state index is -0.515. The van der Waals surface area contributed by atoms with Gasteiger partial charge in [-0.2, -0.15) is 0 Å². The quantitative estimate of drug-likeness (QED) is 0.921. The molecule has 0 spiro atoms. The zero-order valence-electron chi connectivity index (χ0n) is 10.7. The summed E-state index contributed by atoms with van der Waals surface area (Å²) in [5, 5.41) is 9.82. The Balaban J connectivity index is 2.02. The Kier molecular flexibility index (Phi) is 3.25. The number of hydrogen-bond acceptors (Lipinski definition) is 3. The third kappa shape index (κ3) is 2.36. The van der Waals surface area contributed by atoms with Crippen LogP contribution in [0.3, 0.4) is 0 Å². The standard InChI is InChI=1S/C16H16O2S/c1-12(17)11-16(13-7-3-2-4-8-13)18-14-9-5-6-10-15(14)19-16/h2-10,12,17H,11H2,1H3. The van der Waals surface area contributed by atoms with Crippen molar-refractivity contribution < 1.29 is 9.84 Å². The van der Waals surface area contributed by atoms with E-state index in [4.69, 9.17) is 4.74 Å². The minimum absolute atomic E-state index is 0.415. The van der Waals surface area contributed by atoms with E-state index in [1.165, 1.54) is 0 Å². The molecule has 0 bridgehead atoms. The number of para-hydroxylation sites is 1. The number of aliphatic hydroxyl groups excluding tert-OH is 1. The number of fused-ring (bicyclic) bond motifs is 1. The van der Waals surface area contributed by atoms with Gasteiger partial charge in [0.05, 0.1) is 11.0 Å². The van der Waals surface area contributed by atoms with Gasteiger partial charge in [-0.15, -0.1) is 0 Å². The largest absolute Gasteiger partial charge is 0.471 e. The average molecular weight is 272 g/mol. The summed E-state index contributed by atoms with van der Waals surface area (Å²) >= 11 is 1.68. The Morgan fingerprint density at radius 2 is 1.79 bits per heavy atom. The number of hydrogen-bond donors (Lipinski definition) is 1. The van der Waals surface area contributed by atoms with E-state index < -0.39 is 11.0 Å². The Morgan fingerprint density at radius 1 is 1.11 bits per heavy atom. The number of aliphatic hydroxyl groups is 1. The van der Waals surface area contributed by atoms with E-state index in [9.17, 15) is 5.11 Å². The molecule has 2 atom stereocenters. The van der Waals surface area contributed by atoms with E-state index in [1.807, 2.05) is 36.4 Å². The van der Waals surface area contributed by atoms with Crippen molar-refractivity contribution in [2.24, 2.45) is 0 Å². The highest BCUT2D eigenvalue weighted by Gasteiger charge is 2.42. The maximum atomic E-state index is 9.82. The third-order valence-corrected chi connectivity index (χ3v) is 4.55. The van der Waals surface area contributed by atoms with Gasteiger partial charge in [-0.05, 0) is 19.1 Å². The van der Waals surface area contributed by atoms with Crippen molar-refractivity contribution in [3.8, 4) is 5.75 Å². The maximum Gasteiger partial charge on any atom is 0.187 e. The van der Waals surface area contributed by atoms with Crippen LogP contribution in [0.25, 0.3) is 0 Å². The summed E-state index contributed by atoms with van der Waals surface area (Å²) in [6.45, 7) is 1.80. The van der Waals surface area contributed by atoms with E-state index in [2.05, 4.69) is 18.2 Å². The summed E-state index contributed by atoms with van der Waals surface area (Å²) in [5.74, 6) is 0.900. The van der Waals surface area contributed by atoms with Gasteiger partial charge in [0.15, 0.2) is 4.93 Å². The molecule has 2 aromatic carbocycles. The molecule has 19 heavy (non-hydrogen) atoms. The van der Waals surface area contributed by atoms with Crippen LogP contribution in [-0.4, -0.2) is 11.2 Å². The smallest absolute Gasteiger partial charge is 0.187 e. The molecule has 0 saturated carbocycles. The zero-order valence-corrected chi connectivity index (χ0v) is 11.6. The lowest BCUT2D eigenvalue weighted by Crippen LogP contribution is -2.30. The van der Waals surface area contributed by atoms with Crippen LogP contribution in [0.4, 0.5) is 0 Å². The van der Waals surface area contributed by atoms with Gasteiger partial charge in [-0.25, -0.2) is 0 Å². The second-order valence-corrected chi connectivity index (χ2v) is 6.13. The van der Waals surface area contributed by atoms with Crippen molar-refractivity contribution in [3.05, 3.63) is 60.2 Å². The van der Waals surface area contributed by atoms with Crippen LogP contribution in [0, 0.1) is 0 Å². The van der Waals surface area contributed by atoms with Gasteiger partial charge in [0.1, 0.15) is 5.75 Å². The van der Waals surface area contributed by atoms with Gasteiger partial charge in [0.2, 0.25) is 0 Å². The molecule has 0 aliphatic carbocycles. The second-order valence-electron chi connectivity index (χ2n) is 4.82. The van der Waals surface area contributed by atoms with Gasteiger partial charge in [0, 0.05) is 12.0 Å². The highest BCUT2D eigenvalue weighted by Crippen LogP contribution is 2.54. The SMILES string of the molecule is CC(O)CC1(c2ccccc2)Oc2ccccc2S1. The normalized spacial score (nSPS) is 22.6. The van der Waals surface area contributed by atoms with Crippen LogP contribution in [0.15, 0.2) is 59.5 Å². The van der Waals surface area contributed by atoms with Crippen LogP contribution < -0.4 is 4.74 Å². The van der Waals surface area contributed by atoms with Gasteiger partial charge >= 0.3 is 0 Å². The molecule has 2 unspecified atom stereocenters. The van der Waals surface area contributed by atoms with Gasteiger partial charge in [-0.1, -0.05) is 54.2 Å². The monoisotopic (exact) mass is 272 g/mol. The molecule has 0 saturated heterocycles. The number of rotatable bonds is 3. The van der Waals surface area contributed by atoms with Gasteiger partial charge < -0.3 is 9.84 Å². The van der Waals surface area contributed by atoms with Crippen LogP contribution in [0.1, 0.15) is 18.9 Å². The lowest BCUT2D eigenvalue weighted by molar-refractivity contribution is 0.0869. The number of thioether (sulfide) groups is 1. The van der Waals surface area contributed by atoms with Crippen molar-refractivity contribution in [2.45, 2.75) is 29.3 Å². The fourth-order valence-electron chi connectivity index (χ4n) is 2.39. The highest BCUT2D eigenvalue weighted by molar-refractivity contribution is 8.00. The van der Waals surface area contributed by atoms with Crippen molar-refractivity contribution in [2.75, 3.05) is 0 Å². The second kappa shape index (κ2) is 4.91. The van der Waals surface area contributed by atoms with Crippen molar-refractivity contribution in [3.63, 3.8) is 0 Å². The van der Waals surface area contributed by atoms with Crippen LogP contribution in [0.2, 0.25) is 0 Å². The predicted molar refractivity (Wildman–Crippen MR) is 77.3 cm³/mol. The average Bonchev–Trinajstić information content (AvgIpc) is 2.78. The molecule has 98 valence electrons. The summed E-state index contributed by atoms with van der Waals surface area (Å²) in [6.07, 6.45) is 0.151. The van der Waals surface area contributed by atoms with E-state index in [0.29, 0.717) is 6.42 Å². The molecule has 1 aliphatic heterocycles. The van der Waals surface area contributed by atoms with Crippen molar-refractivity contribution in [1.82, 2.24) is 0 Å². The summed E-state index contributed by atoms with van der Waals surface area (Å²) < 4.78 is 6.19. The Hall–Kier alpha value is -1.45. The van der Waals surface area contributed by atoms with Gasteiger partial charge in [0.25, 0.3) is 0 Å². The maximum absolute atomic E-state index is 9.82. The molecular formula is C16H16O2S. The molecule has 0 fully saturated rings. The summed E-state index contributed by atoms with van der Waals surface area (Å²) in [4.78, 5) is 0.617. The van der Waals surface area contributed by atoms with E-state index in [1.54, 1.807) is 18.7 Å². The lowest BCUT2D eigenvalue weighted by atomic mass is 10.0. The molecule has 1 heterocycles. The van der Waals surface area contributed by atoms with Crippen LogP contribution in [-0.2, 0) is 4.93 Å². The zero-order chi connectivity index (χ0) is 13.3. The van der Waals surface area contributed by atoms with Crippen molar-refractivity contribution >= 4 is 11.8 Å². The first-order valence-electron chi connectivity index (χ1n) is 6.40. The molecule has 2 nitrogen and oxygen atoms in total. The lowest BCUT2D eigenvalue weighted by Gasteiger charge is -2.29. The summed E-state index contributed by atoms with van der Waals surface area (Å²) in [7, 11) is 0. The molecule has 3 rings (SSSR count). The fraction of sp³-hybridized carbons (Fsp3) is 0.250. The highest BCUT2D eigenvalue weighted by atomic mass is 32.2. The topological polar surface area (TPSA) is 29.5 Å². The molecule has 1 aliphatic rings. The Morgan fingerprint density at radius 3 is 2.47 bits per heavy atom. The number of benzene rings is 2. The van der Waals surface area contributed by atoms with Crippen LogP contribution >= 0.6 is 11.8 Å². The van der Waals surface area contributed by atoms with Crippen LogP contribution in [0.5, 0.6) is 5.75 Å². The first-order valence-corrected chi connectivity index (χ1v) is 7.22. The van der Waals surface area contributed by atoms with Crippen molar-refractivity contribution in [1.29, 1.82) is 0 Å². The van der Waals surface area contributed by atoms with E-state index in [0.717, 1.165) is 16.2 Å². The molecule has 0 aromatic heterocycles. The molecule has 1 N–H and O–H groups in total. The molecule has 0 radical (unpaired) electrons. The van der Waals surface area contributed by atoms with E-state index in [-0.39, 0.29) is 0 Å². The Bertz CT molecular complexity index is 541. The molecule has 3 heteroatoms. The molecular weight excluding hydrogens is 256 g/mol. The number of ether oxygens (including phenoxy) is 1. The first-order chi connectivity index (χ1) is 9.20. The third-order valence-electron chi connectivity index (χ3n) is 3.18. The Labute approximate surface area is 117 Å². The predicted octanol–water partition coefficient (Wildman–Crippen LogP) is 3.80. The summed E-state index contributed by atoms with van der Waals surface area (Å²) in [5.41, 5.74) is 1.09. The summed E-state index contributed by atoms with van der Waals surface area (Å²) in [6, 6.07) is 18.1. The first kappa shape index (κ1) is 12.6. The van der Waals surface area contributed by atoms with E-state index >= 15 is 0 Å². The van der Waals surface area contributed by atoms with Gasteiger partial charge in [-0.3, -0.25) is 0 Å². The molecule has 2 aromatic rings. The molecule has 0 amide bonds. The fourth-order valence-corrected chi connectivity index (χ4v) is 3.82. The minimum Gasteiger partial charge on any atom is -0.471 e.